The third kappa shape index (κ3) is 3.70. The van der Waals surface area contributed by atoms with Crippen LogP contribution in [0.15, 0.2) is 22.7 Å². The summed E-state index contributed by atoms with van der Waals surface area (Å²) in [5.74, 6) is 0.899. The molecule has 1 saturated carbocycles. The fourth-order valence-corrected chi connectivity index (χ4v) is 2.69. The fraction of sp³-hybridized carbons (Fsp3) is 0.571. The van der Waals surface area contributed by atoms with Crippen molar-refractivity contribution in [3.63, 3.8) is 0 Å². The zero-order chi connectivity index (χ0) is 13.1. The van der Waals surface area contributed by atoms with Crippen molar-refractivity contribution < 1.29 is 4.74 Å². The highest BCUT2D eigenvalue weighted by Crippen LogP contribution is 2.27. The van der Waals surface area contributed by atoms with Gasteiger partial charge in [0.05, 0.1) is 0 Å². The molecule has 2 N–H and O–H groups in total. The van der Waals surface area contributed by atoms with Gasteiger partial charge in [0.1, 0.15) is 12.4 Å². The molecule has 0 aliphatic heterocycles. The third-order valence-electron chi connectivity index (χ3n) is 3.35. The Kier molecular flexibility index (Phi) is 4.65. The van der Waals surface area contributed by atoms with E-state index in [1.807, 2.05) is 25.1 Å². The first-order valence-corrected chi connectivity index (χ1v) is 7.25. The van der Waals surface area contributed by atoms with E-state index in [9.17, 15) is 0 Å². The van der Waals surface area contributed by atoms with Crippen LogP contribution < -0.4 is 10.5 Å². The molecule has 0 amide bonds. The van der Waals surface area contributed by atoms with E-state index in [1.165, 1.54) is 12.8 Å². The first kappa shape index (κ1) is 13.8. The summed E-state index contributed by atoms with van der Waals surface area (Å²) in [4.78, 5) is 2.37. The minimum absolute atomic E-state index is 0.0365. The Morgan fingerprint density at radius 3 is 2.78 bits per heavy atom. The lowest BCUT2D eigenvalue weighted by Crippen LogP contribution is -2.26. The van der Waals surface area contributed by atoms with Crippen molar-refractivity contribution in [1.82, 2.24) is 4.90 Å². The quantitative estimate of drug-likeness (QED) is 0.877. The second-order valence-corrected chi connectivity index (χ2v) is 5.89. The summed E-state index contributed by atoms with van der Waals surface area (Å²) in [6, 6.07) is 6.83. The molecule has 0 radical (unpaired) electrons. The lowest BCUT2D eigenvalue weighted by molar-refractivity contribution is 0.232. The van der Waals surface area contributed by atoms with Gasteiger partial charge in [-0.15, -0.1) is 0 Å². The van der Waals surface area contributed by atoms with Crippen LogP contribution in [0, 0.1) is 0 Å². The van der Waals surface area contributed by atoms with Gasteiger partial charge >= 0.3 is 0 Å². The molecule has 1 unspecified atom stereocenters. The molecule has 2 rings (SSSR count). The lowest BCUT2D eigenvalue weighted by Gasteiger charge is -2.16. The smallest absolute Gasteiger partial charge is 0.120 e. The van der Waals surface area contributed by atoms with Crippen LogP contribution in [0.5, 0.6) is 5.75 Å². The number of likely N-dealkylation sites (N-methyl/N-ethyl adjacent to an activating group) is 1. The van der Waals surface area contributed by atoms with Gasteiger partial charge in [0.2, 0.25) is 0 Å². The van der Waals surface area contributed by atoms with Gasteiger partial charge in [0, 0.05) is 23.1 Å². The number of nitrogens with two attached hydrogens (primary N) is 1. The van der Waals surface area contributed by atoms with Crippen LogP contribution in [0.3, 0.4) is 0 Å². The van der Waals surface area contributed by atoms with Crippen molar-refractivity contribution >= 4 is 15.9 Å². The fourth-order valence-electron chi connectivity index (χ4n) is 1.97. The molecule has 100 valence electrons. The molecular weight excluding hydrogens is 292 g/mol. The largest absolute Gasteiger partial charge is 0.492 e. The van der Waals surface area contributed by atoms with Crippen molar-refractivity contribution in [3.05, 3.63) is 28.2 Å². The predicted molar refractivity (Wildman–Crippen MR) is 77.9 cm³/mol. The zero-order valence-corrected chi connectivity index (χ0v) is 12.6. The van der Waals surface area contributed by atoms with Crippen LogP contribution in [0.25, 0.3) is 0 Å². The Morgan fingerprint density at radius 1 is 1.50 bits per heavy atom. The van der Waals surface area contributed by atoms with E-state index >= 15 is 0 Å². The summed E-state index contributed by atoms with van der Waals surface area (Å²) < 4.78 is 6.78. The minimum Gasteiger partial charge on any atom is -0.492 e. The average Bonchev–Trinajstić information content (AvgIpc) is 3.12. The number of rotatable bonds is 6. The van der Waals surface area contributed by atoms with E-state index in [-0.39, 0.29) is 6.04 Å². The van der Waals surface area contributed by atoms with Crippen molar-refractivity contribution in [2.45, 2.75) is 31.8 Å². The van der Waals surface area contributed by atoms with E-state index in [0.29, 0.717) is 0 Å². The molecule has 1 aliphatic rings. The van der Waals surface area contributed by atoms with Gasteiger partial charge in [0.15, 0.2) is 0 Å². The van der Waals surface area contributed by atoms with Gasteiger partial charge in [-0.3, -0.25) is 0 Å². The molecule has 1 aromatic carbocycles. The zero-order valence-electron chi connectivity index (χ0n) is 11.0. The molecule has 0 saturated heterocycles. The summed E-state index contributed by atoms with van der Waals surface area (Å²) in [7, 11) is 2.16. The maximum absolute atomic E-state index is 5.87. The van der Waals surface area contributed by atoms with Gasteiger partial charge in [0.25, 0.3) is 0 Å². The highest BCUT2D eigenvalue weighted by molar-refractivity contribution is 9.10. The van der Waals surface area contributed by atoms with E-state index in [2.05, 4.69) is 27.9 Å². The Morgan fingerprint density at radius 2 is 2.22 bits per heavy atom. The molecule has 1 aromatic rings. The second-order valence-electron chi connectivity index (χ2n) is 5.03. The van der Waals surface area contributed by atoms with Crippen molar-refractivity contribution in [2.24, 2.45) is 5.73 Å². The second kappa shape index (κ2) is 6.04. The topological polar surface area (TPSA) is 38.5 Å². The monoisotopic (exact) mass is 312 g/mol. The molecule has 0 bridgehead atoms. The molecule has 1 atom stereocenters. The van der Waals surface area contributed by atoms with Crippen molar-refractivity contribution in [3.8, 4) is 5.75 Å². The van der Waals surface area contributed by atoms with Gasteiger partial charge in [-0.25, -0.2) is 0 Å². The van der Waals surface area contributed by atoms with Crippen LogP contribution in [0.4, 0.5) is 0 Å². The first-order valence-electron chi connectivity index (χ1n) is 6.46. The number of halogens is 1. The third-order valence-corrected chi connectivity index (χ3v) is 4.03. The average molecular weight is 313 g/mol. The number of benzene rings is 1. The van der Waals surface area contributed by atoms with Crippen LogP contribution in [0.2, 0.25) is 0 Å². The van der Waals surface area contributed by atoms with Gasteiger partial charge < -0.3 is 15.4 Å². The highest BCUT2D eigenvalue weighted by atomic mass is 79.9. The molecule has 0 spiro atoms. The maximum atomic E-state index is 5.87. The molecule has 0 heterocycles. The Labute approximate surface area is 117 Å². The van der Waals surface area contributed by atoms with Crippen LogP contribution in [-0.2, 0) is 0 Å². The van der Waals surface area contributed by atoms with Crippen LogP contribution in [0.1, 0.15) is 31.4 Å². The van der Waals surface area contributed by atoms with Gasteiger partial charge in [-0.05, 0) is 44.5 Å². The molecule has 4 heteroatoms. The normalized spacial score (nSPS) is 16.9. The highest BCUT2D eigenvalue weighted by Gasteiger charge is 2.25. The van der Waals surface area contributed by atoms with Crippen molar-refractivity contribution in [1.29, 1.82) is 0 Å². The summed E-state index contributed by atoms with van der Waals surface area (Å²) in [6.07, 6.45) is 2.68. The van der Waals surface area contributed by atoms with Crippen molar-refractivity contribution in [2.75, 3.05) is 20.2 Å². The van der Waals surface area contributed by atoms with E-state index in [0.717, 1.165) is 35.0 Å². The molecule has 3 nitrogen and oxygen atoms in total. The van der Waals surface area contributed by atoms with Crippen LogP contribution in [-0.4, -0.2) is 31.1 Å². The first-order chi connectivity index (χ1) is 8.58. The summed E-state index contributed by atoms with van der Waals surface area (Å²) in [5, 5.41) is 0. The Bertz CT molecular complexity index is 405. The molecule has 1 fully saturated rings. The number of nitrogens with zero attached hydrogens (tertiary/aromatic N) is 1. The number of hydrogen-bond acceptors (Lipinski definition) is 3. The Hall–Kier alpha value is -0.580. The summed E-state index contributed by atoms with van der Waals surface area (Å²) in [6.45, 7) is 3.69. The van der Waals surface area contributed by atoms with Crippen LogP contribution >= 0.6 is 15.9 Å². The van der Waals surface area contributed by atoms with E-state index in [1.54, 1.807) is 0 Å². The lowest BCUT2D eigenvalue weighted by atomic mass is 10.1. The van der Waals surface area contributed by atoms with E-state index in [4.69, 9.17) is 10.5 Å². The van der Waals surface area contributed by atoms with E-state index < -0.39 is 0 Å². The molecule has 1 aliphatic carbocycles. The number of hydrogen-bond donors (Lipinski definition) is 1. The molecule has 0 aromatic heterocycles. The predicted octanol–water partition coefficient (Wildman–Crippen LogP) is 2.94. The molecule has 18 heavy (non-hydrogen) atoms. The molecular formula is C14H21BrN2O. The summed E-state index contributed by atoms with van der Waals surface area (Å²) in [5.41, 5.74) is 6.98. The Balaban J connectivity index is 1.83. The van der Waals surface area contributed by atoms with Gasteiger partial charge in [-0.2, -0.15) is 0 Å². The minimum atomic E-state index is 0.0365. The summed E-state index contributed by atoms with van der Waals surface area (Å²) >= 11 is 3.53. The SMILES string of the molecule is CC(N)c1ccc(OCCN(C)C2CC2)cc1Br. The standard InChI is InChI=1S/C14H21BrN2O/c1-10(16)13-6-5-12(9-14(13)15)18-8-7-17(2)11-3-4-11/h5-6,9-11H,3-4,7-8,16H2,1-2H3. The number of ether oxygens (including phenoxy) is 1. The van der Waals surface area contributed by atoms with Gasteiger partial charge in [-0.1, -0.05) is 22.0 Å². The maximum Gasteiger partial charge on any atom is 0.120 e.